The molecule has 0 aromatic carbocycles. The molecule has 1 aromatic heterocycles. The molecular weight excluding hydrogens is 216 g/mol. The number of hydrogen-bond donors (Lipinski definition) is 2. The highest BCUT2D eigenvalue weighted by molar-refractivity contribution is 7.98. The molecule has 1 amide bonds. The molecule has 0 aliphatic heterocycles. The first-order chi connectivity index (χ1) is 7.13. The number of nitrogens with zero attached hydrogens (tertiary/aromatic N) is 2. The molecule has 0 fully saturated rings. The summed E-state index contributed by atoms with van der Waals surface area (Å²) in [5.74, 6) is 1.02. The summed E-state index contributed by atoms with van der Waals surface area (Å²) in [6.07, 6.45) is 2.59. The molecule has 0 saturated carbocycles. The van der Waals surface area contributed by atoms with Gasteiger partial charge >= 0.3 is 6.01 Å². The van der Waals surface area contributed by atoms with Gasteiger partial charge in [-0.05, 0) is 25.4 Å². The Morgan fingerprint density at radius 1 is 1.73 bits per heavy atom. The second-order valence-corrected chi connectivity index (χ2v) is 4.01. The minimum absolute atomic E-state index is 0.0945. The highest BCUT2D eigenvalue weighted by Gasteiger charge is 2.15. The van der Waals surface area contributed by atoms with Gasteiger partial charge in [-0.1, -0.05) is 5.16 Å². The number of anilines is 1. The lowest BCUT2D eigenvalue weighted by atomic mass is 10.2. The molecular formula is C8H14N4O2S. The summed E-state index contributed by atoms with van der Waals surface area (Å²) in [5.41, 5.74) is 5.64. The standard InChI is InChI=1S/C8H14N4O2S/c1-5-10-8(14-12-5)11-7(13)6(9)3-4-15-2/h6H,3-4,9H2,1-2H3,(H,10,11,12,13)/t6-/m1/s1. The van der Waals surface area contributed by atoms with Crippen molar-refractivity contribution in [2.45, 2.75) is 19.4 Å². The highest BCUT2D eigenvalue weighted by atomic mass is 32.2. The van der Waals surface area contributed by atoms with Crippen LogP contribution in [-0.2, 0) is 4.79 Å². The van der Waals surface area contributed by atoms with E-state index in [0.717, 1.165) is 5.75 Å². The van der Waals surface area contributed by atoms with Crippen molar-refractivity contribution in [3.05, 3.63) is 5.82 Å². The van der Waals surface area contributed by atoms with Gasteiger partial charge in [0.15, 0.2) is 5.82 Å². The topological polar surface area (TPSA) is 94.0 Å². The van der Waals surface area contributed by atoms with Gasteiger partial charge < -0.3 is 10.3 Å². The van der Waals surface area contributed by atoms with Crippen molar-refractivity contribution in [3.8, 4) is 0 Å². The summed E-state index contributed by atoms with van der Waals surface area (Å²) in [7, 11) is 0. The van der Waals surface area contributed by atoms with E-state index in [1.807, 2.05) is 6.26 Å². The summed E-state index contributed by atoms with van der Waals surface area (Å²) >= 11 is 1.65. The van der Waals surface area contributed by atoms with Crippen LogP contribution in [0, 0.1) is 6.92 Å². The number of nitrogens with one attached hydrogen (secondary N) is 1. The Balaban J connectivity index is 2.41. The van der Waals surface area contributed by atoms with Crippen LogP contribution in [0.3, 0.4) is 0 Å². The number of hydrogen-bond acceptors (Lipinski definition) is 6. The molecule has 15 heavy (non-hydrogen) atoms. The predicted octanol–water partition coefficient (Wildman–Crippen LogP) is 0.397. The second-order valence-electron chi connectivity index (χ2n) is 3.02. The normalized spacial score (nSPS) is 12.5. The van der Waals surface area contributed by atoms with E-state index in [0.29, 0.717) is 12.2 Å². The molecule has 3 N–H and O–H groups in total. The van der Waals surface area contributed by atoms with Crippen LogP contribution >= 0.6 is 11.8 Å². The van der Waals surface area contributed by atoms with E-state index in [9.17, 15) is 4.79 Å². The molecule has 0 bridgehead atoms. The van der Waals surface area contributed by atoms with Crippen molar-refractivity contribution in [1.82, 2.24) is 10.1 Å². The molecule has 0 radical (unpaired) electrons. The SMILES string of the molecule is CSCC[C@@H](N)C(=O)Nc1nc(C)no1. The molecule has 0 aliphatic rings. The zero-order valence-corrected chi connectivity index (χ0v) is 9.50. The lowest BCUT2D eigenvalue weighted by Gasteiger charge is -2.08. The lowest BCUT2D eigenvalue weighted by molar-refractivity contribution is -0.117. The van der Waals surface area contributed by atoms with E-state index in [4.69, 9.17) is 10.3 Å². The molecule has 1 rings (SSSR count). The molecule has 0 aliphatic carbocycles. The molecule has 84 valence electrons. The number of amides is 1. The van der Waals surface area contributed by atoms with Crippen LogP contribution in [0.15, 0.2) is 4.52 Å². The van der Waals surface area contributed by atoms with E-state index < -0.39 is 6.04 Å². The highest BCUT2D eigenvalue weighted by Crippen LogP contribution is 2.04. The fraction of sp³-hybridized carbons (Fsp3) is 0.625. The van der Waals surface area contributed by atoms with Gasteiger partial charge in [0.2, 0.25) is 5.91 Å². The van der Waals surface area contributed by atoms with Crippen molar-refractivity contribution in [3.63, 3.8) is 0 Å². The Hall–Kier alpha value is -1.08. The Kier molecular flexibility index (Phi) is 4.57. The Labute approximate surface area is 92.0 Å². The molecule has 0 unspecified atom stereocenters. The van der Waals surface area contributed by atoms with Gasteiger partial charge in [0.25, 0.3) is 0 Å². The molecule has 1 aromatic rings. The van der Waals surface area contributed by atoms with E-state index in [-0.39, 0.29) is 11.9 Å². The molecule has 1 atom stereocenters. The van der Waals surface area contributed by atoms with Crippen molar-refractivity contribution in [1.29, 1.82) is 0 Å². The minimum Gasteiger partial charge on any atom is -0.320 e. The number of thioether (sulfide) groups is 1. The summed E-state index contributed by atoms with van der Waals surface area (Å²) in [5, 5.41) is 6.00. The lowest BCUT2D eigenvalue weighted by Crippen LogP contribution is -2.36. The first kappa shape index (κ1) is 12.0. The Morgan fingerprint density at radius 3 is 3.00 bits per heavy atom. The molecule has 0 saturated heterocycles. The van der Waals surface area contributed by atoms with Gasteiger partial charge in [-0.15, -0.1) is 0 Å². The number of rotatable bonds is 5. The maximum absolute atomic E-state index is 11.5. The molecule has 1 heterocycles. The third-order valence-electron chi connectivity index (χ3n) is 1.73. The van der Waals surface area contributed by atoms with Crippen molar-refractivity contribution in [2.24, 2.45) is 5.73 Å². The molecule has 6 nitrogen and oxygen atoms in total. The van der Waals surface area contributed by atoms with Crippen LogP contribution < -0.4 is 11.1 Å². The summed E-state index contributed by atoms with van der Waals surface area (Å²) in [6, 6.07) is -0.443. The molecule has 7 heteroatoms. The second kappa shape index (κ2) is 5.72. The Morgan fingerprint density at radius 2 is 2.47 bits per heavy atom. The quantitative estimate of drug-likeness (QED) is 0.760. The van der Waals surface area contributed by atoms with E-state index in [2.05, 4.69) is 15.5 Å². The van der Waals surface area contributed by atoms with Crippen molar-refractivity contribution >= 4 is 23.7 Å². The number of carbonyl (C=O) groups is 1. The zero-order valence-electron chi connectivity index (χ0n) is 8.69. The Bertz CT molecular complexity index is 328. The van der Waals surface area contributed by atoms with Crippen LogP contribution in [0.5, 0.6) is 0 Å². The predicted molar refractivity (Wildman–Crippen MR) is 58.6 cm³/mol. The van der Waals surface area contributed by atoms with Crippen molar-refractivity contribution in [2.75, 3.05) is 17.3 Å². The van der Waals surface area contributed by atoms with E-state index in [1.54, 1.807) is 18.7 Å². The summed E-state index contributed by atoms with van der Waals surface area (Å²) in [4.78, 5) is 15.3. The van der Waals surface area contributed by atoms with E-state index in [1.165, 1.54) is 0 Å². The third-order valence-corrected chi connectivity index (χ3v) is 2.37. The van der Waals surface area contributed by atoms with Crippen LogP contribution in [0.2, 0.25) is 0 Å². The van der Waals surface area contributed by atoms with Gasteiger partial charge in [0.05, 0.1) is 6.04 Å². The minimum atomic E-state index is -0.537. The largest absolute Gasteiger partial charge is 0.328 e. The molecule has 0 spiro atoms. The average Bonchev–Trinajstić information content (AvgIpc) is 2.60. The summed E-state index contributed by atoms with van der Waals surface area (Å²) < 4.78 is 4.74. The van der Waals surface area contributed by atoms with Gasteiger partial charge in [0.1, 0.15) is 0 Å². The fourth-order valence-corrected chi connectivity index (χ4v) is 1.41. The third kappa shape index (κ3) is 3.88. The van der Waals surface area contributed by atoms with Gasteiger partial charge in [-0.25, -0.2) is 0 Å². The maximum Gasteiger partial charge on any atom is 0.328 e. The summed E-state index contributed by atoms with van der Waals surface area (Å²) in [6.45, 7) is 1.67. The first-order valence-corrected chi connectivity index (χ1v) is 5.88. The number of aromatic nitrogens is 2. The van der Waals surface area contributed by atoms with Gasteiger partial charge in [0, 0.05) is 0 Å². The van der Waals surface area contributed by atoms with Crippen molar-refractivity contribution < 1.29 is 9.32 Å². The van der Waals surface area contributed by atoms with Gasteiger partial charge in [-0.2, -0.15) is 16.7 Å². The van der Waals surface area contributed by atoms with Crippen LogP contribution in [0.1, 0.15) is 12.2 Å². The maximum atomic E-state index is 11.5. The average molecular weight is 230 g/mol. The fourth-order valence-electron chi connectivity index (χ4n) is 0.922. The van der Waals surface area contributed by atoms with Gasteiger partial charge in [-0.3, -0.25) is 10.1 Å². The zero-order chi connectivity index (χ0) is 11.3. The van der Waals surface area contributed by atoms with Crippen LogP contribution in [0.25, 0.3) is 0 Å². The monoisotopic (exact) mass is 230 g/mol. The number of aryl methyl sites for hydroxylation is 1. The first-order valence-electron chi connectivity index (χ1n) is 4.49. The number of nitrogens with two attached hydrogens (primary N) is 1. The smallest absolute Gasteiger partial charge is 0.320 e. The van der Waals surface area contributed by atoms with Crippen LogP contribution in [-0.4, -0.2) is 34.1 Å². The van der Waals surface area contributed by atoms with E-state index >= 15 is 0 Å². The van der Waals surface area contributed by atoms with Crippen LogP contribution in [0.4, 0.5) is 6.01 Å². The number of carbonyl (C=O) groups excluding carboxylic acids is 1.